The van der Waals surface area contributed by atoms with Crippen molar-refractivity contribution < 1.29 is 8.81 Å². The summed E-state index contributed by atoms with van der Waals surface area (Å²) in [5.41, 5.74) is 1.42. The Morgan fingerprint density at radius 3 is 2.79 bits per heavy atom. The molecule has 5 heteroatoms. The number of halogens is 2. The van der Waals surface area contributed by atoms with Crippen molar-refractivity contribution in [3.63, 3.8) is 0 Å². The first-order chi connectivity index (χ1) is 8.87. The molecule has 0 bridgehead atoms. The summed E-state index contributed by atoms with van der Waals surface area (Å²) in [5, 5.41) is 3.34. The maximum absolute atomic E-state index is 13.3. The molecule has 1 heterocycles. The number of hydrogen-bond acceptors (Lipinski definition) is 3. The van der Waals surface area contributed by atoms with Gasteiger partial charge in [0.1, 0.15) is 11.5 Å². The van der Waals surface area contributed by atoms with E-state index in [1.54, 1.807) is 6.07 Å². The van der Waals surface area contributed by atoms with Crippen molar-refractivity contribution in [2.24, 2.45) is 0 Å². The van der Waals surface area contributed by atoms with Crippen LogP contribution in [0.1, 0.15) is 26.5 Å². The molecule has 0 fully saturated rings. The fourth-order valence-electron chi connectivity index (χ4n) is 1.63. The van der Waals surface area contributed by atoms with Gasteiger partial charge in [-0.25, -0.2) is 9.37 Å². The van der Waals surface area contributed by atoms with Crippen molar-refractivity contribution in [2.75, 3.05) is 0 Å². The molecule has 0 aliphatic heterocycles. The Morgan fingerprint density at radius 2 is 2.11 bits per heavy atom. The minimum absolute atomic E-state index is 0.0185. The highest BCUT2D eigenvalue weighted by Gasteiger charge is 2.17. The summed E-state index contributed by atoms with van der Waals surface area (Å²) in [6, 6.07) is 4.50. The third-order valence-electron chi connectivity index (χ3n) is 2.60. The molecule has 0 unspecified atom stereocenters. The van der Waals surface area contributed by atoms with Gasteiger partial charge in [0.25, 0.3) is 0 Å². The number of hydrogen-bond donors (Lipinski definition) is 1. The van der Waals surface area contributed by atoms with Gasteiger partial charge in [-0.2, -0.15) is 0 Å². The van der Waals surface area contributed by atoms with Gasteiger partial charge >= 0.3 is 0 Å². The van der Waals surface area contributed by atoms with E-state index in [1.807, 2.05) is 0 Å². The third-order valence-corrected chi connectivity index (χ3v) is 3.29. The number of rotatable bonds is 3. The summed E-state index contributed by atoms with van der Waals surface area (Å²) in [6.45, 7) is 6.79. The van der Waals surface area contributed by atoms with Crippen LogP contribution in [-0.2, 0) is 6.54 Å². The SMILES string of the molecule is CC(C)(C)NCc1ncoc1-c1cc(F)ccc1Br. The summed E-state index contributed by atoms with van der Waals surface area (Å²) in [4.78, 5) is 4.19. The molecule has 1 aromatic carbocycles. The number of benzene rings is 1. The summed E-state index contributed by atoms with van der Waals surface area (Å²) in [7, 11) is 0. The second kappa shape index (κ2) is 5.43. The van der Waals surface area contributed by atoms with Crippen LogP contribution >= 0.6 is 15.9 Å². The van der Waals surface area contributed by atoms with Crippen molar-refractivity contribution in [1.82, 2.24) is 10.3 Å². The van der Waals surface area contributed by atoms with Gasteiger partial charge in [-0.3, -0.25) is 0 Å². The monoisotopic (exact) mass is 326 g/mol. The average molecular weight is 327 g/mol. The minimum Gasteiger partial charge on any atom is -0.443 e. The Hall–Kier alpha value is -1.20. The van der Waals surface area contributed by atoms with Gasteiger partial charge in [0.05, 0.1) is 0 Å². The topological polar surface area (TPSA) is 38.1 Å². The first-order valence-electron chi connectivity index (χ1n) is 5.99. The molecule has 0 spiro atoms. The van der Waals surface area contributed by atoms with E-state index in [0.717, 1.165) is 10.2 Å². The van der Waals surface area contributed by atoms with E-state index in [0.29, 0.717) is 17.9 Å². The van der Waals surface area contributed by atoms with Crippen LogP contribution in [0.4, 0.5) is 4.39 Å². The van der Waals surface area contributed by atoms with Crippen molar-refractivity contribution in [3.8, 4) is 11.3 Å². The fraction of sp³-hybridized carbons (Fsp3) is 0.357. The molecule has 2 aromatic rings. The fourth-order valence-corrected chi connectivity index (χ4v) is 2.06. The van der Waals surface area contributed by atoms with Gasteiger partial charge < -0.3 is 9.73 Å². The normalized spacial score (nSPS) is 11.8. The molecular formula is C14H16BrFN2O. The zero-order valence-corrected chi connectivity index (χ0v) is 12.7. The number of nitrogens with one attached hydrogen (secondary N) is 1. The summed E-state index contributed by atoms with van der Waals surface area (Å²) in [6.07, 6.45) is 1.38. The van der Waals surface area contributed by atoms with Crippen LogP contribution < -0.4 is 5.32 Å². The van der Waals surface area contributed by atoms with Crippen LogP contribution in [0.15, 0.2) is 33.5 Å². The maximum Gasteiger partial charge on any atom is 0.181 e. The molecule has 0 saturated heterocycles. The summed E-state index contributed by atoms with van der Waals surface area (Å²) in [5.74, 6) is 0.285. The van der Waals surface area contributed by atoms with Gasteiger partial charge in [-0.15, -0.1) is 0 Å². The Labute approximate surface area is 120 Å². The molecule has 3 nitrogen and oxygen atoms in total. The molecule has 2 rings (SSSR count). The second-order valence-electron chi connectivity index (χ2n) is 5.36. The van der Waals surface area contributed by atoms with Crippen molar-refractivity contribution in [1.29, 1.82) is 0 Å². The van der Waals surface area contributed by atoms with E-state index in [-0.39, 0.29) is 11.4 Å². The molecule has 0 radical (unpaired) electrons. The molecule has 1 N–H and O–H groups in total. The van der Waals surface area contributed by atoms with Gasteiger partial charge in [-0.1, -0.05) is 15.9 Å². The Kier molecular flexibility index (Phi) is 4.06. The molecule has 102 valence electrons. The zero-order chi connectivity index (χ0) is 14.0. The molecule has 1 aromatic heterocycles. The van der Waals surface area contributed by atoms with Crippen molar-refractivity contribution in [3.05, 3.63) is 40.6 Å². The van der Waals surface area contributed by atoms with E-state index in [1.165, 1.54) is 18.5 Å². The van der Waals surface area contributed by atoms with E-state index >= 15 is 0 Å². The van der Waals surface area contributed by atoms with Crippen LogP contribution in [0.5, 0.6) is 0 Å². The Balaban J connectivity index is 2.31. The smallest absolute Gasteiger partial charge is 0.181 e. The largest absolute Gasteiger partial charge is 0.443 e. The zero-order valence-electron chi connectivity index (χ0n) is 11.1. The first-order valence-corrected chi connectivity index (χ1v) is 6.79. The molecule has 0 aliphatic rings. The number of oxazole rings is 1. The minimum atomic E-state index is -0.302. The van der Waals surface area contributed by atoms with Crippen LogP contribution in [0.25, 0.3) is 11.3 Å². The molecule has 0 saturated carbocycles. The van der Waals surface area contributed by atoms with Gasteiger partial charge in [-0.05, 0) is 39.0 Å². The highest BCUT2D eigenvalue weighted by molar-refractivity contribution is 9.10. The summed E-state index contributed by atoms with van der Waals surface area (Å²) >= 11 is 3.40. The molecule has 0 aliphatic carbocycles. The van der Waals surface area contributed by atoms with Crippen LogP contribution in [-0.4, -0.2) is 10.5 Å². The van der Waals surface area contributed by atoms with Crippen LogP contribution in [0.2, 0.25) is 0 Å². The van der Waals surface area contributed by atoms with Crippen LogP contribution in [0.3, 0.4) is 0 Å². The predicted molar refractivity (Wildman–Crippen MR) is 76.2 cm³/mol. The third kappa shape index (κ3) is 3.64. The Morgan fingerprint density at radius 1 is 1.37 bits per heavy atom. The van der Waals surface area contributed by atoms with Gasteiger partial charge in [0.2, 0.25) is 0 Å². The van der Waals surface area contributed by atoms with E-state index < -0.39 is 0 Å². The summed E-state index contributed by atoms with van der Waals surface area (Å²) < 4.78 is 19.5. The predicted octanol–water partition coefficient (Wildman–Crippen LogP) is 4.13. The Bertz CT molecular complexity index is 575. The molecule has 0 amide bonds. The lowest BCUT2D eigenvalue weighted by atomic mass is 10.1. The maximum atomic E-state index is 13.3. The number of nitrogens with zero attached hydrogens (tertiary/aromatic N) is 1. The van der Waals surface area contributed by atoms with Crippen molar-refractivity contribution in [2.45, 2.75) is 32.9 Å². The van der Waals surface area contributed by atoms with E-state index in [2.05, 4.69) is 47.0 Å². The quantitative estimate of drug-likeness (QED) is 0.921. The van der Waals surface area contributed by atoms with Gasteiger partial charge in [0.15, 0.2) is 12.2 Å². The lowest BCUT2D eigenvalue weighted by molar-refractivity contribution is 0.421. The first kappa shape index (κ1) is 14.2. The van der Waals surface area contributed by atoms with Crippen molar-refractivity contribution >= 4 is 15.9 Å². The van der Waals surface area contributed by atoms with Crippen LogP contribution in [0, 0.1) is 5.82 Å². The van der Waals surface area contributed by atoms with E-state index in [4.69, 9.17) is 4.42 Å². The molecule has 0 atom stereocenters. The number of aromatic nitrogens is 1. The highest BCUT2D eigenvalue weighted by Crippen LogP contribution is 2.31. The standard InChI is InChI=1S/C14H16BrFN2O/c1-14(2,3)18-7-12-13(19-8-17-12)10-6-9(16)4-5-11(10)15/h4-6,8,18H,7H2,1-3H3. The molecule has 19 heavy (non-hydrogen) atoms. The van der Waals surface area contributed by atoms with E-state index in [9.17, 15) is 4.39 Å². The lowest BCUT2D eigenvalue weighted by Gasteiger charge is -2.19. The average Bonchev–Trinajstić information content (AvgIpc) is 2.77. The highest BCUT2D eigenvalue weighted by atomic mass is 79.9. The molecular weight excluding hydrogens is 311 g/mol. The second-order valence-corrected chi connectivity index (χ2v) is 6.21. The lowest BCUT2D eigenvalue weighted by Crippen LogP contribution is -2.35. The van der Waals surface area contributed by atoms with Gasteiger partial charge in [0, 0.05) is 22.1 Å².